The predicted octanol–water partition coefficient (Wildman–Crippen LogP) is 2.83. The molecule has 3 nitrogen and oxygen atoms in total. The van der Waals surface area contributed by atoms with Gasteiger partial charge in [-0.3, -0.25) is 4.79 Å². The Morgan fingerprint density at radius 1 is 1.53 bits per heavy atom. The van der Waals surface area contributed by atoms with Gasteiger partial charge in [0.15, 0.2) is 0 Å². The molecule has 96 valence electrons. The largest absolute Gasteiger partial charge is 0.355 e. The van der Waals surface area contributed by atoms with Crippen molar-refractivity contribution < 1.29 is 4.79 Å². The highest BCUT2D eigenvalue weighted by atomic mass is 35.5. The van der Waals surface area contributed by atoms with Crippen molar-refractivity contribution in [1.82, 2.24) is 10.3 Å². The summed E-state index contributed by atoms with van der Waals surface area (Å²) in [6, 6.07) is 0. The summed E-state index contributed by atoms with van der Waals surface area (Å²) >= 11 is 7.14. The zero-order valence-corrected chi connectivity index (χ0v) is 12.1. The number of hydrogen-bond acceptors (Lipinski definition) is 3. The van der Waals surface area contributed by atoms with Gasteiger partial charge < -0.3 is 5.32 Å². The molecule has 0 spiro atoms. The van der Waals surface area contributed by atoms with Crippen molar-refractivity contribution in [1.29, 1.82) is 0 Å². The Balaban J connectivity index is 2.34. The average molecular weight is 275 g/mol. The van der Waals surface area contributed by atoms with Gasteiger partial charge in [0.2, 0.25) is 5.91 Å². The van der Waals surface area contributed by atoms with Crippen LogP contribution >= 0.6 is 22.9 Å². The van der Waals surface area contributed by atoms with Crippen molar-refractivity contribution in [3.63, 3.8) is 0 Å². The van der Waals surface area contributed by atoms with Crippen molar-refractivity contribution in [2.24, 2.45) is 11.8 Å². The number of amides is 1. The molecule has 1 atom stereocenters. The van der Waals surface area contributed by atoms with Gasteiger partial charge in [0.05, 0.1) is 18.0 Å². The number of rotatable bonds is 6. The normalized spacial score (nSPS) is 12.8. The van der Waals surface area contributed by atoms with Gasteiger partial charge in [0, 0.05) is 11.9 Å². The summed E-state index contributed by atoms with van der Waals surface area (Å²) in [6.45, 7) is 7.18. The summed E-state index contributed by atoms with van der Waals surface area (Å²) in [6.07, 6.45) is 0.354. The predicted molar refractivity (Wildman–Crippen MR) is 72.4 cm³/mol. The van der Waals surface area contributed by atoms with E-state index in [9.17, 15) is 4.79 Å². The molecule has 0 aliphatic rings. The Labute approximate surface area is 112 Å². The molecule has 1 heterocycles. The van der Waals surface area contributed by atoms with Gasteiger partial charge in [-0.2, -0.15) is 0 Å². The molecular weight excluding hydrogens is 256 g/mol. The molecule has 1 unspecified atom stereocenters. The second-order valence-corrected chi connectivity index (χ2v) is 5.78. The third-order valence-electron chi connectivity index (χ3n) is 2.81. The molecule has 17 heavy (non-hydrogen) atoms. The maximum Gasteiger partial charge on any atom is 0.226 e. The standard InChI is InChI=1S/C12H19ClN2OS/c1-8(2)9(3)6-14-11(16)4-12-15-10(5-13)7-17-12/h7-9H,4-6H2,1-3H3,(H,14,16). The number of aromatic nitrogens is 1. The number of thiazole rings is 1. The Morgan fingerprint density at radius 2 is 2.24 bits per heavy atom. The zero-order chi connectivity index (χ0) is 12.8. The lowest BCUT2D eigenvalue weighted by Gasteiger charge is -2.15. The maximum absolute atomic E-state index is 11.7. The topological polar surface area (TPSA) is 42.0 Å². The van der Waals surface area contributed by atoms with Crippen LogP contribution in [0, 0.1) is 11.8 Å². The number of halogens is 1. The van der Waals surface area contributed by atoms with Crippen LogP contribution in [-0.2, 0) is 17.1 Å². The fraction of sp³-hybridized carbons (Fsp3) is 0.667. The van der Waals surface area contributed by atoms with Crippen molar-refractivity contribution in [2.45, 2.75) is 33.1 Å². The van der Waals surface area contributed by atoms with E-state index >= 15 is 0 Å². The summed E-state index contributed by atoms with van der Waals surface area (Å²) in [7, 11) is 0. The first-order valence-corrected chi connectivity index (χ1v) is 7.20. The van der Waals surface area contributed by atoms with Gasteiger partial charge in [0.25, 0.3) is 0 Å². The number of carbonyl (C=O) groups is 1. The smallest absolute Gasteiger partial charge is 0.226 e. The molecule has 1 aromatic heterocycles. The van der Waals surface area contributed by atoms with E-state index in [1.165, 1.54) is 11.3 Å². The molecule has 0 bridgehead atoms. The van der Waals surface area contributed by atoms with Crippen molar-refractivity contribution in [2.75, 3.05) is 6.54 Å². The van der Waals surface area contributed by atoms with E-state index in [1.54, 1.807) is 0 Å². The molecule has 1 N–H and O–H groups in total. The lowest BCUT2D eigenvalue weighted by Crippen LogP contribution is -2.31. The van der Waals surface area contributed by atoms with Crippen LogP contribution in [0.3, 0.4) is 0 Å². The number of nitrogens with zero attached hydrogens (tertiary/aromatic N) is 1. The van der Waals surface area contributed by atoms with Crippen LogP contribution in [-0.4, -0.2) is 17.4 Å². The van der Waals surface area contributed by atoms with E-state index in [0.29, 0.717) is 24.1 Å². The van der Waals surface area contributed by atoms with E-state index in [0.717, 1.165) is 17.2 Å². The Kier molecular flexibility index (Phi) is 5.92. The number of hydrogen-bond donors (Lipinski definition) is 1. The molecule has 0 aliphatic carbocycles. The third kappa shape index (κ3) is 5.04. The molecular formula is C12H19ClN2OS. The highest BCUT2D eigenvalue weighted by Gasteiger charge is 2.11. The summed E-state index contributed by atoms with van der Waals surface area (Å²) in [4.78, 5) is 15.9. The highest BCUT2D eigenvalue weighted by Crippen LogP contribution is 2.12. The average Bonchev–Trinajstić information content (AvgIpc) is 2.73. The molecule has 0 aromatic carbocycles. The summed E-state index contributed by atoms with van der Waals surface area (Å²) in [5, 5.41) is 5.66. The SMILES string of the molecule is CC(C)C(C)CNC(=O)Cc1nc(CCl)cs1. The maximum atomic E-state index is 11.7. The van der Waals surface area contributed by atoms with E-state index in [4.69, 9.17) is 11.6 Å². The second-order valence-electron chi connectivity index (χ2n) is 4.57. The molecule has 0 saturated carbocycles. The number of nitrogens with one attached hydrogen (secondary N) is 1. The van der Waals surface area contributed by atoms with E-state index in [1.807, 2.05) is 5.38 Å². The summed E-state index contributed by atoms with van der Waals surface area (Å²) in [5.74, 6) is 1.52. The Bertz CT molecular complexity index is 365. The fourth-order valence-electron chi connectivity index (χ4n) is 1.20. The molecule has 1 rings (SSSR count). The number of carbonyl (C=O) groups excluding carboxylic acids is 1. The highest BCUT2D eigenvalue weighted by molar-refractivity contribution is 7.09. The summed E-state index contributed by atoms with van der Waals surface area (Å²) in [5.41, 5.74) is 0.843. The van der Waals surface area contributed by atoms with E-state index in [-0.39, 0.29) is 5.91 Å². The van der Waals surface area contributed by atoms with Crippen molar-refractivity contribution in [3.8, 4) is 0 Å². The van der Waals surface area contributed by atoms with Crippen LogP contribution in [0.5, 0.6) is 0 Å². The third-order valence-corrected chi connectivity index (χ3v) is 3.98. The van der Waals surface area contributed by atoms with Crippen LogP contribution in [0.25, 0.3) is 0 Å². The minimum atomic E-state index is 0.0352. The van der Waals surface area contributed by atoms with Crippen LogP contribution in [0.15, 0.2) is 5.38 Å². The van der Waals surface area contributed by atoms with Crippen LogP contribution in [0.4, 0.5) is 0 Å². The lowest BCUT2D eigenvalue weighted by molar-refractivity contribution is -0.120. The van der Waals surface area contributed by atoms with Gasteiger partial charge >= 0.3 is 0 Å². The molecule has 0 radical (unpaired) electrons. The molecule has 0 fully saturated rings. The molecule has 1 amide bonds. The number of alkyl halides is 1. The minimum Gasteiger partial charge on any atom is -0.355 e. The Hall–Kier alpha value is -0.610. The second kappa shape index (κ2) is 6.97. The van der Waals surface area contributed by atoms with Crippen LogP contribution in [0.1, 0.15) is 31.5 Å². The molecule has 0 saturated heterocycles. The first kappa shape index (κ1) is 14.5. The van der Waals surface area contributed by atoms with Gasteiger partial charge in [-0.1, -0.05) is 20.8 Å². The van der Waals surface area contributed by atoms with Crippen molar-refractivity contribution >= 4 is 28.8 Å². The summed E-state index contributed by atoms with van der Waals surface area (Å²) < 4.78 is 0. The zero-order valence-electron chi connectivity index (χ0n) is 10.5. The fourth-order valence-corrected chi connectivity index (χ4v) is 2.22. The van der Waals surface area contributed by atoms with E-state index in [2.05, 4.69) is 31.1 Å². The van der Waals surface area contributed by atoms with Gasteiger partial charge in [-0.05, 0) is 11.8 Å². The molecule has 0 aliphatic heterocycles. The quantitative estimate of drug-likeness (QED) is 0.811. The first-order valence-electron chi connectivity index (χ1n) is 5.78. The molecule has 1 aromatic rings. The minimum absolute atomic E-state index is 0.0352. The molecule has 5 heteroatoms. The van der Waals surface area contributed by atoms with Crippen LogP contribution < -0.4 is 5.32 Å². The monoisotopic (exact) mass is 274 g/mol. The van der Waals surface area contributed by atoms with E-state index < -0.39 is 0 Å². The van der Waals surface area contributed by atoms with Crippen LogP contribution in [0.2, 0.25) is 0 Å². The van der Waals surface area contributed by atoms with Crippen molar-refractivity contribution in [3.05, 3.63) is 16.1 Å². The van der Waals surface area contributed by atoms with Gasteiger partial charge in [-0.15, -0.1) is 22.9 Å². The van der Waals surface area contributed by atoms with Gasteiger partial charge in [-0.25, -0.2) is 4.98 Å². The first-order chi connectivity index (χ1) is 8.02. The van der Waals surface area contributed by atoms with Gasteiger partial charge in [0.1, 0.15) is 5.01 Å². The Morgan fingerprint density at radius 3 is 2.76 bits per heavy atom. The lowest BCUT2D eigenvalue weighted by atomic mass is 9.98.